The molecule has 1 atom stereocenters. The zero-order chi connectivity index (χ0) is 19.3. The van der Waals surface area contributed by atoms with Crippen LogP contribution in [-0.2, 0) is 28.5 Å². The Labute approximate surface area is 155 Å². The molecule has 5 nitrogen and oxygen atoms in total. The van der Waals surface area contributed by atoms with Crippen LogP contribution in [0.1, 0.15) is 23.2 Å². The minimum absolute atomic E-state index is 0.0157. The van der Waals surface area contributed by atoms with Crippen LogP contribution in [0.25, 0.3) is 0 Å². The van der Waals surface area contributed by atoms with Crippen molar-refractivity contribution in [2.24, 2.45) is 0 Å². The molecule has 2 heterocycles. The predicted molar refractivity (Wildman–Crippen MR) is 91.8 cm³/mol. The van der Waals surface area contributed by atoms with E-state index in [2.05, 4.69) is 9.97 Å². The average molecular weight is 379 g/mol. The monoisotopic (exact) mass is 379 g/mol. The van der Waals surface area contributed by atoms with E-state index < -0.39 is 11.7 Å². The Hall–Kier alpha value is -2.48. The number of rotatable bonds is 5. The molecule has 0 bridgehead atoms. The lowest BCUT2D eigenvalue weighted by atomic mass is 10.0. The number of morpholine rings is 1. The SMILES string of the molecule is O=C(CCc1cnccn1)N1CCO[C@@H](Cc2cccc(C(F)(F)F)c2)C1. The molecule has 2 aromatic rings. The van der Waals surface area contributed by atoms with Crippen molar-refractivity contribution in [1.82, 2.24) is 14.9 Å². The molecular formula is C19H20F3N3O2. The van der Waals surface area contributed by atoms with E-state index in [1.807, 2.05) is 0 Å². The first kappa shape index (κ1) is 19.3. The van der Waals surface area contributed by atoms with E-state index in [-0.39, 0.29) is 12.0 Å². The van der Waals surface area contributed by atoms with Crippen LogP contribution in [0.2, 0.25) is 0 Å². The third-order valence-corrected chi connectivity index (χ3v) is 4.42. The van der Waals surface area contributed by atoms with Crippen LogP contribution < -0.4 is 0 Å². The molecule has 0 saturated carbocycles. The summed E-state index contributed by atoms with van der Waals surface area (Å²) in [7, 11) is 0. The van der Waals surface area contributed by atoms with Gasteiger partial charge in [-0.1, -0.05) is 18.2 Å². The van der Waals surface area contributed by atoms with Gasteiger partial charge < -0.3 is 9.64 Å². The van der Waals surface area contributed by atoms with Gasteiger partial charge in [-0.25, -0.2) is 0 Å². The maximum atomic E-state index is 12.8. The molecule has 27 heavy (non-hydrogen) atoms. The molecule has 1 aromatic carbocycles. The summed E-state index contributed by atoms with van der Waals surface area (Å²) in [4.78, 5) is 22.3. The molecule has 1 aromatic heterocycles. The van der Waals surface area contributed by atoms with Gasteiger partial charge in [0.15, 0.2) is 0 Å². The summed E-state index contributed by atoms with van der Waals surface area (Å²) in [6, 6.07) is 5.23. The molecule has 1 aliphatic heterocycles. The Kier molecular flexibility index (Phi) is 6.05. The highest BCUT2D eigenvalue weighted by Crippen LogP contribution is 2.30. The van der Waals surface area contributed by atoms with Crippen molar-refractivity contribution in [3.8, 4) is 0 Å². The fourth-order valence-electron chi connectivity index (χ4n) is 3.06. The van der Waals surface area contributed by atoms with Gasteiger partial charge in [0.05, 0.1) is 24.0 Å². The molecule has 0 aliphatic carbocycles. The number of hydrogen-bond acceptors (Lipinski definition) is 4. The van der Waals surface area contributed by atoms with Gasteiger partial charge in [0.1, 0.15) is 0 Å². The summed E-state index contributed by atoms with van der Waals surface area (Å²) in [5.41, 5.74) is 0.621. The van der Waals surface area contributed by atoms with Crippen LogP contribution in [0.5, 0.6) is 0 Å². The Morgan fingerprint density at radius 3 is 2.89 bits per heavy atom. The topological polar surface area (TPSA) is 55.3 Å². The summed E-state index contributed by atoms with van der Waals surface area (Å²) in [6.07, 6.45) is 1.25. The number of alkyl halides is 3. The summed E-state index contributed by atoms with van der Waals surface area (Å²) >= 11 is 0. The van der Waals surface area contributed by atoms with Crippen LogP contribution in [0, 0.1) is 0 Å². The molecule has 1 amide bonds. The summed E-state index contributed by atoms with van der Waals surface area (Å²) in [5.74, 6) is -0.0157. The molecule has 1 aliphatic rings. The van der Waals surface area contributed by atoms with Crippen LogP contribution in [-0.4, -0.2) is 46.6 Å². The lowest BCUT2D eigenvalue weighted by Gasteiger charge is -2.33. The van der Waals surface area contributed by atoms with Crippen molar-refractivity contribution < 1.29 is 22.7 Å². The quantitative estimate of drug-likeness (QED) is 0.802. The summed E-state index contributed by atoms with van der Waals surface area (Å²) < 4.78 is 44.2. The maximum absolute atomic E-state index is 12.8. The Balaban J connectivity index is 1.55. The molecule has 8 heteroatoms. The van der Waals surface area contributed by atoms with Gasteiger partial charge >= 0.3 is 6.18 Å². The van der Waals surface area contributed by atoms with Gasteiger partial charge in [-0.3, -0.25) is 14.8 Å². The van der Waals surface area contributed by atoms with Crippen LogP contribution in [0.4, 0.5) is 13.2 Å². The number of amides is 1. The van der Waals surface area contributed by atoms with Crippen LogP contribution in [0.3, 0.4) is 0 Å². The smallest absolute Gasteiger partial charge is 0.374 e. The summed E-state index contributed by atoms with van der Waals surface area (Å²) in [6.45, 7) is 1.23. The van der Waals surface area contributed by atoms with Crippen molar-refractivity contribution in [2.75, 3.05) is 19.7 Å². The molecule has 0 spiro atoms. The first-order valence-corrected chi connectivity index (χ1v) is 8.72. The minimum atomic E-state index is -4.37. The third kappa shape index (κ3) is 5.50. The van der Waals surface area contributed by atoms with Crippen LogP contribution >= 0.6 is 0 Å². The highest BCUT2D eigenvalue weighted by atomic mass is 19.4. The molecule has 0 N–H and O–H groups in total. The van der Waals surface area contributed by atoms with Crippen molar-refractivity contribution in [2.45, 2.75) is 31.5 Å². The largest absolute Gasteiger partial charge is 0.416 e. The van der Waals surface area contributed by atoms with Crippen molar-refractivity contribution in [3.05, 3.63) is 59.7 Å². The number of carbonyl (C=O) groups is 1. The van der Waals surface area contributed by atoms with E-state index in [1.165, 1.54) is 6.07 Å². The normalized spacial score (nSPS) is 17.7. The highest BCUT2D eigenvalue weighted by molar-refractivity contribution is 5.76. The zero-order valence-corrected chi connectivity index (χ0v) is 14.7. The second kappa shape index (κ2) is 8.47. The fraction of sp³-hybridized carbons (Fsp3) is 0.421. The molecule has 0 radical (unpaired) electrons. The number of nitrogens with zero attached hydrogens (tertiary/aromatic N) is 3. The Bertz CT molecular complexity index is 768. The van der Waals surface area contributed by atoms with Gasteiger partial charge in [-0.15, -0.1) is 0 Å². The number of aromatic nitrogens is 2. The van der Waals surface area contributed by atoms with Gasteiger partial charge in [0.2, 0.25) is 5.91 Å². The predicted octanol–water partition coefficient (Wildman–Crippen LogP) is 2.90. The van der Waals surface area contributed by atoms with Crippen molar-refractivity contribution in [1.29, 1.82) is 0 Å². The highest BCUT2D eigenvalue weighted by Gasteiger charge is 2.31. The number of aryl methyl sites for hydroxylation is 1. The van der Waals surface area contributed by atoms with E-state index in [0.29, 0.717) is 44.5 Å². The first-order valence-electron chi connectivity index (χ1n) is 8.72. The molecular weight excluding hydrogens is 359 g/mol. The average Bonchev–Trinajstić information content (AvgIpc) is 2.67. The molecule has 3 rings (SSSR count). The lowest BCUT2D eigenvalue weighted by molar-refractivity contribution is -0.138. The van der Waals surface area contributed by atoms with E-state index in [0.717, 1.165) is 17.8 Å². The molecule has 1 fully saturated rings. The second-order valence-electron chi connectivity index (χ2n) is 6.43. The van der Waals surface area contributed by atoms with E-state index in [9.17, 15) is 18.0 Å². The van der Waals surface area contributed by atoms with Gasteiger partial charge in [0, 0.05) is 44.5 Å². The fourth-order valence-corrected chi connectivity index (χ4v) is 3.06. The number of halogens is 3. The van der Waals surface area contributed by atoms with E-state index in [1.54, 1.807) is 29.6 Å². The lowest BCUT2D eigenvalue weighted by Crippen LogP contribution is -2.46. The van der Waals surface area contributed by atoms with E-state index >= 15 is 0 Å². The van der Waals surface area contributed by atoms with E-state index in [4.69, 9.17) is 4.74 Å². The van der Waals surface area contributed by atoms with Gasteiger partial charge in [-0.05, 0) is 18.1 Å². The number of benzene rings is 1. The second-order valence-corrected chi connectivity index (χ2v) is 6.43. The molecule has 0 unspecified atom stereocenters. The minimum Gasteiger partial charge on any atom is -0.374 e. The maximum Gasteiger partial charge on any atom is 0.416 e. The zero-order valence-electron chi connectivity index (χ0n) is 14.7. The Morgan fingerprint density at radius 2 is 2.15 bits per heavy atom. The van der Waals surface area contributed by atoms with Crippen molar-refractivity contribution >= 4 is 5.91 Å². The Morgan fingerprint density at radius 1 is 1.30 bits per heavy atom. The van der Waals surface area contributed by atoms with Crippen molar-refractivity contribution in [3.63, 3.8) is 0 Å². The van der Waals surface area contributed by atoms with Gasteiger partial charge in [0.25, 0.3) is 0 Å². The number of carbonyl (C=O) groups excluding carboxylic acids is 1. The first-order chi connectivity index (χ1) is 12.9. The summed E-state index contributed by atoms with van der Waals surface area (Å²) in [5, 5.41) is 0. The van der Waals surface area contributed by atoms with Crippen LogP contribution in [0.15, 0.2) is 42.9 Å². The number of ether oxygens (including phenoxy) is 1. The molecule has 1 saturated heterocycles. The van der Waals surface area contributed by atoms with Gasteiger partial charge in [-0.2, -0.15) is 13.2 Å². The third-order valence-electron chi connectivity index (χ3n) is 4.42. The standard InChI is InChI=1S/C19H20F3N3O2/c20-19(21,22)15-3-1-2-14(10-15)11-17-13-25(8-9-27-17)18(26)5-4-16-12-23-6-7-24-16/h1-3,6-7,10,12,17H,4-5,8-9,11,13H2/t17-/m0/s1. The number of hydrogen-bond donors (Lipinski definition) is 0. The molecule has 144 valence electrons.